The highest BCUT2D eigenvalue weighted by Gasteiger charge is 1.95. The van der Waals surface area contributed by atoms with Crippen molar-refractivity contribution in [3.8, 4) is 0 Å². The van der Waals surface area contributed by atoms with E-state index >= 15 is 0 Å². The molecule has 15 heavy (non-hydrogen) atoms. The summed E-state index contributed by atoms with van der Waals surface area (Å²) in [4.78, 5) is 11.2. The van der Waals surface area contributed by atoms with Crippen LogP contribution in [0.3, 0.4) is 0 Å². The number of allylic oxidation sites excluding steroid dienone is 3. The lowest BCUT2D eigenvalue weighted by Crippen LogP contribution is -1.92. The van der Waals surface area contributed by atoms with Gasteiger partial charge in [0.2, 0.25) is 0 Å². The molecule has 0 amide bonds. The summed E-state index contributed by atoms with van der Waals surface area (Å²) in [5.74, 6) is 0.155. The standard InChI is InChI=1S/C13H22O2/c1-3-5-6-7-8-9-10-13(14)11-12-15-4-2/h5-6,11-12H,3-4,7-10H2,1-2H3/b6-5-,12-11-. The molecular weight excluding hydrogens is 188 g/mol. The van der Waals surface area contributed by atoms with Crippen molar-refractivity contribution in [3.05, 3.63) is 24.5 Å². The molecule has 0 aliphatic rings. The third kappa shape index (κ3) is 10.9. The van der Waals surface area contributed by atoms with Crippen LogP contribution in [0, 0.1) is 0 Å². The van der Waals surface area contributed by atoms with Crippen LogP contribution < -0.4 is 0 Å². The second-order valence-electron chi connectivity index (χ2n) is 3.35. The van der Waals surface area contributed by atoms with E-state index in [1.54, 1.807) is 0 Å². The molecule has 2 nitrogen and oxygen atoms in total. The molecule has 0 spiro atoms. The van der Waals surface area contributed by atoms with Crippen LogP contribution in [0.1, 0.15) is 46.0 Å². The quantitative estimate of drug-likeness (QED) is 0.251. The Morgan fingerprint density at radius 1 is 1.20 bits per heavy atom. The lowest BCUT2D eigenvalue weighted by molar-refractivity contribution is -0.114. The van der Waals surface area contributed by atoms with E-state index < -0.39 is 0 Å². The average Bonchev–Trinajstić information content (AvgIpc) is 2.23. The van der Waals surface area contributed by atoms with Crippen molar-refractivity contribution in [1.29, 1.82) is 0 Å². The van der Waals surface area contributed by atoms with E-state index in [0.29, 0.717) is 13.0 Å². The second-order valence-corrected chi connectivity index (χ2v) is 3.35. The van der Waals surface area contributed by atoms with Gasteiger partial charge >= 0.3 is 0 Å². The smallest absolute Gasteiger partial charge is 0.158 e. The van der Waals surface area contributed by atoms with E-state index in [1.807, 2.05) is 6.92 Å². The van der Waals surface area contributed by atoms with Gasteiger partial charge in [-0.1, -0.05) is 19.1 Å². The molecule has 0 heterocycles. The number of unbranched alkanes of at least 4 members (excludes halogenated alkanes) is 2. The minimum Gasteiger partial charge on any atom is -0.501 e. The van der Waals surface area contributed by atoms with Gasteiger partial charge in [0.25, 0.3) is 0 Å². The van der Waals surface area contributed by atoms with E-state index in [4.69, 9.17) is 4.74 Å². The number of hydrogen-bond donors (Lipinski definition) is 0. The van der Waals surface area contributed by atoms with Crippen LogP contribution in [0.4, 0.5) is 0 Å². The van der Waals surface area contributed by atoms with Crippen molar-refractivity contribution in [1.82, 2.24) is 0 Å². The monoisotopic (exact) mass is 210 g/mol. The van der Waals surface area contributed by atoms with Crippen LogP contribution in [-0.2, 0) is 9.53 Å². The fourth-order valence-corrected chi connectivity index (χ4v) is 1.15. The van der Waals surface area contributed by atoms with Crippen LogP contribution in [0.5, 0.6) is 0 Å². The molecular formula is C13H22O2. The lowest BCUT2D eigenvalue weighted by Gasteiger charge is -1.95. The Labute approximate surface area is 93.0 Å². The van der Waals surface area contributed by atoms with Crippen LogP contribution in [-0.4, -0.2) is 12.4 Å². The number of ether oxygens (including phenoxy) is 1. The average molecular weight is 210 g/mol. The summed E-state index contributed by atoms with van der Waals surface area (Å²) in [7, 11) is 0. The zero-order valence-electron chi connectivity index (χ0n) is 9.87. The Kier molecular flexibility index (Phi) is 10.3. The Morgan fingerprint density at radius 2 is 2.00 bits per heavy atom. The van der Waals surface area contributed by atoms with Crippen molar-refractivity contribution in [3.63, 3.8) is 0 Å². The second kappa shape index (κ2) is 11.0. The Bertz CT molecular complexity index is 205. The maximum absolute atomic E-state index is 11.2. The molecule has 0 aliphatic heterocycles. The van der Waals surface area contributed by atoms with Crippen LogP contribution in [0.15, 0.2) is 24.5 Å². The summed E-state index contributed by atoms with van der Waals surface area (Å²) >= 11 is 0. The van der Waals surface area contributed by atoms with Gasteiger partial charge in [0, 0.05) is 12.5 Å². The SMILES string of the molecule is CC/C=C\CCCCC(=O)/C=C\OCC. The Hall–Kier alpha value is -1.05. The number of ketones is 1. The summed E-state index contributed by atoms with van der Waals surface area (Å²) in [5, 5.41) is 0. The molecule has 0 aromatic carbocycles. The largest absolute Gasteiger partial charge is 0.501 e. The molecule has 0 N–H and O–H groups in total. The van der Waals surface area contributed by atoms with Gasteiger partial charge in [-0.3, -0.25) is 4.79 Å². The van der Waals surface area contributed by atoms with Crippen molar-refractivity contribution < 1.29 is 9.53 Å². The van der Waals surface area contributed by atoms with Crippen LogP contribution in [0.2, 0.25) is 0 Å². The third-order valence-electron chi connectivity index (χ3n) is 1.96. The molecule has 0 saturated heterocycles. The molecule has 86 valence electrons. The summed E-state index contributed by atoms with van der Waals surface area (Å²) in [6.45, 7) is 4.64. The summed E-state index contributed by atoms with van der Waals surface area (Å²) in [5.41, 5.74) is 0. The lowest BCUT2D eigenvalue weighted by atomic mass is 10.1. The van der Waals surface area contributed by atoms with Crippen LogP contribution in [0.25, 0.3) is 0 Å². The topological polar surface area (TPSA) is 26.3 Å². The fraction of sp³-hybridized carbons (Fsp3) is 0.615. The van der Waals surface area contributed by atoms with E-state index in [-0.39, 0.29) is 5.78 Å². The van der Waals surface area contributed by atoms with E-state index in [2.05, 4.69) is 19.1 Å². The van der Waals surface area contributed by atoms with Gasteiger partial charge in [0.1, 0.15) is 0 Å². The number of carbonyl (C=O) groups excluding carboxylic acids is 1. The molecule has 2 heteroatoms. The molecule has 0 aromatic heterocycles. The van der Waals surface area contributed by atoms with E-state index in [9.17, 15) is 4.79 Å². The zero-order valence-corrected chi connectivity index (χ0v) is 9.87. The van der Waals surface area contributed by atoms with Crippen LogP contribution >= 0.6 is 0 Å². The molecule has 0 aliphatic carbocycles. The molecule has 0 unspecified atom stereocenters. The summed E-state index contributed by atoms with van der Waals surface area (Å²) < 4.78 is 4.95. The summed E-state index contributed by atoms with van der Waals surface area (Å²) in [6, 6.07) is 0. The highest BCUT2D eigenvalue weighted by Crippen LogP contribution is 2.02. The Morgan fingerprint density at radius 3 is 2.67 bits per heavy atom. The molecule has 0 rings (SSSR count). The molecule has 0 bridgehead atoms. The molecule has 0 fully saturated rings. The van der Waals surface area contributed by atoms with Gasteiger partial charge in [-0.25, -0.2) is 0 Å². The third-order valence-corrected chi connectivity index (χ3v) is 1.96. The fourth-order valence-electron chi connectivity index (χ4n) is 1.15. The first-order valence-corrected chi connectivity index (χ1v) is 5.77. The predicted molar refractivity (Wildman–Crippen MR) is 63.7 cm³/mol. The highest BCUT2D eigenvalue weighted by atomic mass is 16.5. The number of rotatable bonds is 9. The first kappa shape index (κ1) is 13.9. The molecule has 0 saturated carbocycles. The normalized spacial score (nSPS) is 11.3. The number of hydrogen-bond acceptors (Lipinski definition) is 2. The van der Waals surface area contributed by atoms with Crippen molar-refractivity contribution in [2.45, 2.75) is 46.0 Å². The van der Waals surface area contributed by atoms with Gasteiger partial charge in [-0.2, -0.15) is 0 Å². The Balaban J connectivity index is 3.35. The van der Waals surface area contributed by atoms with Gasteiger partial charge in [-0.15, -0.1) is 0 Å². The maximum atomic E-state index is 11.2. The van der Waals surface area contributed by atoms with Gasteiger partial charge in [-0.05, 0) is 32.6 Å². The van der Waals surface area contributed by atoms with Crippen molar-refractivity contribution in [2.75, 3.05) is 6.61 Å². The minimum atomic E-state index is 0.155. The maximum Gasteiger partial charge on any atom is 0.158 e. The van der Waals surface area contributed by atoms with Gasteiger partial charge in [0.05, 0.1) is 12.9 Å². The first-order chi connectivity index (χ1) is 7.31. The van der Waals surface area contributed by atoms with E-state index in [1.165, 1.54) is 12.3 Å². The molecule has 0 atom stereocenters. The van der Waals surface area contributed by atoms with E-state index in [0.717, 1.165) is 25.7 Å². The zero-order chi connectivity index (χ0) is 11.4. The predicted octanol–water partition coefficient (Wildman–Crippen LogP) is 3.63. The molecule has 0 radical (unpaired) electrons. The van der Waals surface area contributed by atoms with Crippen molar-refractivity contribution in [2.24, 2.45) is 0 Å². The van der Waals surface area contributed by atoms with Gasteiger partial charge < -0.3 is 4.74 Å². The first-order valence-electron chi connectivity index (χ1n) is 5.77. The van der Waals surface area contributed by atoms with Crippen molar-refractivity contribution >= 4 is 5.78 Å². The highest BCUT2D eigenvalue weighted by molar-refractivity contribution is 5.89. The molecule has 0 aromatic rings. The number of carbonyl (C=O) groups is 1. The van der Waals surface area contributed by atoms with Gasteiger partial charge in [0.15, 0.2) is 5.78 Å². The summed E-state index contributed by atoms with van der Waals surface area (Å²) in [6.07, 6.45) is 12.2. The minimum absolute atomic E-state index is 0.155.